The molecule has 0 spiro atoms. The van der Waals surface area contributed by atoms with Gasteiger partial charge in [-0.2, -0.15) is 0 Å². The van der Waals surface area contributed by atoms with Crippen LogP contribution in [0.3, 0.4) is 0 Å². The third-order valence-corrected chi connectivity index (χ3v) is 11.4. The van der Waals surface area contributed by atoms with Crippen LogP contribution in [0.1, 0.15) is 81.1 Å². The predicted molar refractivity (Wildman–Crippen MR) is 139 cm³/mol. The van der Waals surface area contributed by atoms with E-state index in [2.05, 4.69) is 13.0 Å². The second kappa shape index (κ2) is 8.31. The summed E-state index contributed by atoms with van der Waals surface area (Å²) in [4.78, 5) is 27.4. The lowest BCUT2D eigenvalue weighted by molar-refractivity contribution is -0.186. The Morgan fingerprint density at radius 1 is 1.00 bits per heavy atom. The normalized spacial score (nSPS) is 47.1. The lowest BCUT2D eigenvalue weighted by Crippen LogP contribution is -2.65. The molecule has 0 aromatic heterocycles. The van der Waals surface area contributed by atoms with Gasteiger partial charge in [0.2, 0.25) is 0 Å². The number of Topliss-reactive ketones (excluding diaryl/α,β-unsaturated/α-hetero) is 1. The molecule has 208 valence electrons. The van der Waals surface area contributed by atoms with Crippen LogP contribution in [-0.4, -0.2) is 66.6 Å². The topological polar surface area (TPSA) is 135 Å². The first-order valence-corrected chi connectivity index (χ1v) is 13.6. The zero-order valence-corrected chi connectivity index (χ0v) is 23.6. The number of rotatable bonds is 4. The highest BCUT2D eigenvalue weighted by Crippen LogP contribution is 2.74. The van der Waals surface area contributed by atoms with Gasteiger partial charge in [0, 0.05) is 23.2 Å². The van der Waals surface area contributed by atoms with E-state index in [9.17, 15) is 35.1 Å². The summed E-state index contributed by atoms with van der Waals surface area (Å²) in [5.74, 6) is -1.88. The van der Waals surface area contributed by atoms with E-state index in [1.54, 1.807) is 0 Å². The van der Waals surface area contributed by atoms with Gasteiger partial charge in [-0.15, -0.1) is 0 Å². The van der Waals surface area contributed by atoms with Crippen LogP contribution >= 0.6 is 0 Å². The molecule has 0 bridgehead atoms. The molecule has 4 aliphatic rings. The highest BCUT2D eigenvalue weighted by Gasteiger charge is 2.74. The number of aliphatic hydroxyl groups is 5. The molecular weight excluding hydrogens is 472 g/mol. The molecule has 5 N–H and O–H groups in total. The average molecular weight is 519 g/mol. The standard InChI is InChI=1S/C30H46O7/c1-25(2,36)12-11-21(33)30(8,37)23-19(32)14-27(5)20-10-9-16-17(13-18(31)24(35)26(16,3)4)29(20,7)22(34)15-28(23,27)6/h9,11-12,17-20,23-24,31-32,35-37H,10,13-15H2,1-8H3/b12-11+/t17?,18-,19+,20?,23?,24+,27-,28+,29-,30?/m0/s1. The van der Waals surface area contributed by atoms with Crippen molar-refractivity contribution in [1.82, 2.24) is 0 Å². The van der Waals surface area contributed by atoms with Crippen molar-refractivity contribution in [3.05, 3.63) is 23.8 Å². The maximum Gasteiger partial charge on any atom is 0.187 e. The summed E-state index contributed by atoms with van der Waals surface area (Å²) in [6.07, 6.45) is 3.10. The van der Waals surface area contributed by atoms with Gasteiger partial charge in [-0.3, -0.25) is 9.59 Å². The molecular formula is C30H46O7. The van der Waals surface area contributed by atoms with E-state index in [1.165, 1.54) is 32.9 Å². The van der Waals surface area contributed by atoms with Gasteiger partial charge >= 0.3 is 0 Å². The number of fused-ring (bicyclic) bond motifs is 5. The largest absolute Gasteiger partial charge is 0.393 e. The minimum atomic E-state index is -1.94. The van der Waals surface area contributed by atoms with Crippen LogP contribution in [0.5, 0.6) is 0 Å². The molecule has 10 atom stereocenters. The van der Waals surface area contributed by atoms with Crippen LogP contribution in [0.25, 0.3) is 0 Å². The van der Waals surface area contributed by atoms with Gasteiger partial charge in [0.25, 0.3) is 0 Å². The molecule has 0 radical (unpaired) electrons. The Balaban J connectivity index is 1.79. The SMILES string of the molecule is CC(C)(O)/C=C/C(=O)C(C)(O)C1[C@H](O)C[C@@]2(C)C3CC=C4C(C[C@H](O)[C@@H](O)C4(C)C)[C@]3(C)C(=O)C[C@]12C. The molecule has 0 amide bonds. The van der Waals surface area contributed by atoms with Crippen LogP contribution in [0, 0.1) is 39.4 Å². The molecule has 7 nitrogen and oxygen atoms in total. The monoisotopic (exact) mass is 518 g/mol. The number of allylic oxidation sites excluding steroid dienone is 1. The van der Waals surface area contributed by atoms with Gasteiger partial charge in [-0.1, -0.05) is 52.3 Å². The molecule has 0 saturated heterocycles. The van der Waals surface area contributed by atoms with Crippen molar-refractivity contribution in [1.29, 1.82) is 0 Å². The second-order valence-electron chi connectivity index (χ2n) is 14.4. The maximum absolute atomic E-state index is 14.2. The second-order valence-corrected chi connectivity index (χ2v) is 14.4. The molecule has 4 unspecified atom stereocenters. The van der Waals surface area contributed by atoms with Gasteiger partial charge in [0.1, 0.15) is 11.4 Å². The molecule has 37 heavy (non-hydrogen) atoms. The highest BCUT2D eigenvalue weighted by molar-refractivity contribution is 5.97. The number of hydrogen-bond donors (Lipinski definition) is 5. The molecule has 0 aliphatic heterocycles. The Morgan fingerprint density at radius 2 is 1.59 bits per heavy atom. The van der Waals surface area contributed by atoms with Crippen molar-refractivity contribution in [3.63, 3.8) is 0 Å². The molecule has 0 aromatic carbocycles. The van der Waals surface area contributed by atoms with E-state index in [-0.39, 0.29) is 24.0 Å². The van der Waals surface area contributed by atoms with Crippen LogP contribution < -0.4 is 0 Å². The summed E-state index contributed by atoms with van der Waals surface area (Å²) in [6, 6.07) is 0. The third kappa shape index (κ3) is 3.79. The smallest absolute Gasteiger partial charge is 0.187 e. The molecule has 7 heteroatoms. The molecule has 0 heterocycles. The Kier molecular flexibility index (Phi) is 6.43. The van der Waals surface area contributed by atoms with Crippen LogP contribution in [0.4, 0.5) is 0 Å². The molecule has 3 fully saturated rings. The first-order chi connectivity index (χ1) is 16.7. The molecule has 4 aliphatic carbocycles. The van der Waals surface area contributed by atoms with Gasteiger partial charge in [-0.05, 0) is 68.8 Å². The van der Waals surface area contributed by atoms with Gasteiger partial charge in [-0.25, -0.2) is 0 Å². The average Bonchev–Trinajstić information content (AvgIpc) is 2.96. The van der Waals surface area contributed by atoms with Crippen molar-refractivity contribution in [2.75, 3.05) is 0 Å². The number of ketones is 2. The third-order valence-electron chi connectivity index (χ3n) is 11.4. The fraction of sp³-hybridized carbons (Fsp3) is 0.800. The van der Waals surface area contributed by atoms with E-state index >= 15 is 0 Å². The molecule has 4 rings (SSSR count). The Hall–Kier alpha value is -1.38. The van der Waals surface area contributed by atoms with Crippen molar-refractivity contribution in [2.24, 2.45) is 39.4 Å². The quantitative estimate of drug-likeness (QED) is 0.285. The van der Waals surface area contributed by atoms with Gasteiger partial charge in [0.15, 0.2) is 5.78 Å². The fourth-order valence-corrected chi connectivity index (χ4v) is 9.15. The van der Waals surface area contributed by atoms with Crippen molar-refractivity contribution in [2.45, 2.75) is 111 Å². The van der Waals surface area contributed by atoms with E-state index in [4.69, 9.17) is 0 Å². The van der Waals surface area contributed by atoms with E-state index in [0.717, 1.165) is 5.57 Å². The lowest BCUT2D eigenvalue weighted by atomic mass is 9.38. The van der Waals surface area contributed by atoms with Crippen LogP contribution in [0.15, 0.2) is 23.8 Å². The summed E-state index contributed by atoms with van der Waals surface area (Å²) < 4.78 is 0. The minimum absolute atomic E-state index is 0.0156. The fourth-order valence-electron chi connectivity index (χ4n) is 9.15. The van der Waals surface area contributed by atoms with E-state index in [1.807, 2.05) is 27.7 Å². The van der Waals surface area contributed by atoms with Crippen molar-refractivity contribution < 1.29 is 35.1 Å². The minimum Gasteiger partial charge on any atom is -0.393 e. The summed E-state index contributed by atoms with van der Waals surface area (Å²) >= 11 is 0. The predicted octanol–water partition coefficient (Wildman–Crippen LogP) is 2.72. The summed E-state index contributed by atoms with van der Waals surface area (Å²) in [6.45, 7) is 14.3. The number of carbonyl (C=O) groups excluding carboxylic acids is 2. The van der Waals surface area contributed by atoms with Gasteiger partial charge in [0.05, 0.1) is 23.9 Å². The summed E-state index contributed by atoms with van der Waals surface area (Å²) in [7, 11) is 0. The Bertz CT molecular complexity index is 1050. The lowest BCUT2D eigenvalue weighted by Gasteiger charge is -2.65. The summed E-state index contributed by atoms with van der Waals surface area (Å²) in [5, 5.41) is 54.6. The summed E-state index contributed by atoms with van der Waals surface area (Å²) in [5.41, 5.74) is -5.07. The van der Waals surface area contributed by atoms with Gasteiger partial charge < -0.3 is 25.5 Å². The molecule has 3 saturated carbocycles. The maximum atomic E-state index is 14.2. The van der Waals surface area contributed by atoms with Crippen LogP contribution in [0.2, 0.25) is 0 Å². The number of carbonyl (C=O) groups is 2. The van der Waals surface area contributed by atoms with Crippen LogP contribution in [-0.2, 0) is 9.59 Å². The Morgan fingerprint density at radius 3 is 2.16 bits per heavy atom. The van der Waals surface area contributed by atoms with Crippen molar-refractivity contribution >= 4 is 11.6 Å². The van der Waals surface area contributed by atoms with E-state index in [0.29, 0.717) is 19.3 Å². The van der Waals surface area contributed by atoms with Crippen molar-refractivity contribution in [3.8, 4) is 0 Å². The van der Waals surface area contributed by atoms with E-state index < -0.39 is 62.9 Å². The zero-order valence-electron chi connectivity index (χ0n) is 23.6. The first kappa shape index (κ1) is 28.6. The number of aliphatic hydroxyl groups excluding tert-OH is 3. The zero-order chi connectivity index (χ0) is 28.1. The molecule has 0 aromatic rings. The highest BCUT2D eigenvalue weighted by atomic mass is 16.3. The first-order valence-electron chi connectivity index (χ1n) is 13.6. The Labute approximate surface area is 220 Å². The number of hydrogen-bond acceptors (Lipinski definition) is 7.